The van der Waals surface area contributed by atoms with Crippen LogP contribution in [0, 0.1) is 0 Å². The summed E-state index contributed by atoms with van der Waals surface area (Å²) >= 11 is 7.87. The molecule has 26 heavy (non-hydrogen) atoms. The van der Waals surface area contributed by atoms with Crippen LogP contribution in [0.4, 0.5) is 0 Å². The van der Waals surface area contributed by atoms with E-state index in [-0.39, 0.29) is 30.7 Å². The first-order chi connectivity index (χ1) is 11.7. The molecular formula is C18H28Cl3N3OS. The van der Waals surface area contributed by atoms with Crippen LogP contribution < -0.4 is 10.6 Å². The number of carbonyl (C=O) groups excluding carboxylic acids is 1. The Morgan fingerprint density at radius 1 is 1.23 bits per heavy atom. The lowest BCUT2D eigenvalue weighted by molar-refractivity contribution is -0.122. The van der Waals surface area contributed by atoms with Crippen molar-refractivity contribution in [2.75, 3.05) is 31.1 Å². The van der Waals surface area contributed by atoms with Gasteiger partial charge in [0.25, 0.3) is 0 Å². The normalized spacial score (nSPS) is 21.3. The molecule has 2 N–H and O–H groups in total. The smallest absolute Gasteiger partial charge is 0.221 e. The fraction of sp³-hybridized carbons (Fsp3) is 0.611. The maximum Gasteiger partial charge on any atom is 0.221 e. The van der Waals surface area contributed by atoms with Crippen LogP contribution in [0.1, 0.15) is 24.8 Å². The van der Waals surface area contributed by atoms with Crippen molar-refractivity contribution in [2.45, 2.75) is 37.9 Å². The molecule has 1 aromatic carbocycles. The number of hydrogen-bond acceptors (Lipinski definition) is 4. The van der Waals surface area contributed by atoms with Crippen molar-refractivity contribution in [1.82, 2.24) is 15.5 Å². The summed E-state index contributed by atoms with van der Waals surface area (Å²) in [6.07, 6.45) is 2.68. The number of carbonyl (C=O) groups is 1. The second-order valence-electron chi connectivity index (χ2n) is 6.67. The molecular weight excluding hydrogens is 413 g/mol. The van der Waals surface area contributed by atoms with Gasteiger partial charge in [-0.25, -0.2) is 0 Å². The Bertz CT molecular complexity index is 533. The SMILES string of the molecule is Cl.Cl.O=C(CC1CSCCN1)NC1CCN(Cc2ccc(Cl)cc2)CC1. The predicted molar refractivity (Wildman–Crippen MR) is 116 cm³/mol. The third-order valence-electron chi connectivity index (χ3n) is 4.70. The molecule has 0 spiro atoms. The van der Waals surface area contributed by atoms with Crippen LogP contribution in [0.5, 0.6) is 0 Å². The molecule has 0 saturated carbocycles. The van der Waals surface area contributed by atoms with E-state index in [9.17, 15) is 4.79 Å². The van der Waals surface area contributed by atoms with E-state index in [0.29, 0.717) is 18.5 Å². The van der Waals surface area contributed by atoms with Gasteiger partial charge < -0.3 is 10.6 Å². The number of nitrogens with one attached hydrogen (secondary N) is 2. The van der Waals surface area contributed by atoms with Crippen LogP contribution in [0.15, 0.2) is 24.3 Å². The van der Waals surface area contributed by atoms with Crippen LogP contribution in [0.25, 0.3) is 0 Å². The van der Waals surface area contributed by atoms with Gasteiger partial charge in [-0.3, -0.25) is 9.69 Å². The summed E-state index contributed by atoms with van der Waals surface area (Å²) in [5.74, 6) is 2.41. The molecule has 1 atom stereocenters. The molecule has 1 aromatic rings. The number of thioether (sulfide) groups is 1. The summed E-state index contributed by atoms with van der Waals surface area (Å²) in [6.45, 7) is 4.04. The minimum atomic E-state index is 0. The minimum Gasteiger partial charge on any atom is -0.353 e. The van der Waals surface area contributed by atoms with Crippen LogP contribution in [0.3, 0.4) is 0 Å². The Balaban J connectivity index is 0.00000169. The molecule has 2 aliphatic rings. The highest BCUT2D eigenvalue weighted by molar-refractivity contribution is 7.99. The van der Waals surface area contributed by atoms with E-state index in [1.165, 1.54) is 5.56 Å². The molecule has 0 aliphatic carbocycles. The molecule has 2 heterocycles. The van der Waals surface area contributed by atoms with Crippen molar-refractivity contribution in [3.63, 3.8) is 0 Å². The molecule has 2 saturated heterocycles. The van der Waals surface area contributed by atoms with E-state index in [4.69, 9.17) is 11.6 Å². The van der Waals surface area contributed by atoms with Crippen molar-refractivity contribution >= 4 is 54.1 Å². The average molecular weight is 441 g/mol. The van der Waals surface area contributed by atoms with Crippen molar-refractivity contribution in [2.24, 2.45) is 0 Å². The summed E-state index contributed by atoms with van der Waals surface area (Å²) in [4.78, 5) is 14.6. The summed E-state index contributed by atoms with van der Waals surface area (Å²) in [6, 6.07) is 8.74. The largest absolute Gasteiger partial charge is 0.353 e. The lowest BCUT2D eigenvalue weighted by atomic mass is 10.0. The van der Waals surface area contributed by atoms with Crippen LogP contribution >= 0.6 is 48.2 Å². The van der Waals surface area contributed by atoms with Gasteiger partial charge in [0.15, 0.2) is 0 Å². The van der Waals surface area contributed by atoms with Crippen LogP contribution in [0.2, 0.25) is 5.02 Å². The molecule has 1 unspecified atom stereocenters. The lowest BCUT2D eigenvalue weighted by Gasteiger charge is -2.33. The van der Waals surface area contributed by atoms with E-state index in [1.807, 2.05) is 23.9 Å². The van der Waals surface area contributed by atoms with Gasteiger partial charge >= 0.3 is 0 Å². The van der Waals surface area contributed by atoms with Gasteiger partial charge in [0, 0.05) is 61.2 Å². The monoisotopic (exact) mass is 439 g/mol. The van der Waals surface area contributed by atoms with Gasteiger partial charge in [-0.1, -0.05) is 23.7 Å². The van der Waals surface area contributed by atoms with Crippen LogP contribution in [-0.2, 0) is 11.3 Å². The third-order valence-corrected chi connectivity index (χ3v) is 6.09. The lowest BCUT2D eigenvalue weighted by Crippen LogP contribution is -2.47. The Kier molecular flexibility index (Phi) is 11.3. The third kappa shape index (κ3) is 7.83. The second-order valence-corrected chi connectivity index (χ2v) is 8.26. The molecule has 8 heteroatoms. The summed E-state index contributed by atoms with van der Waals surface area (Å²) in [7, 11) is 0. The maximum atomic E-state index is 12.2. The summed E-state index contributed by atoms with van der Waals surface area (Å²) in [5, 5.41) is 7.44. The zero-order chi connectivity index (χ0) is 16.8. The first-order valence-corrected chi connectivity index (χ1v) is 10.3. The molecule has 0 aromatic heterocycles. The number of benzene rings is 1. The van der Waals surface area contributed by atoms with Gasteiger partial charge in [-0.2, -0.15) is 11.8 Å². The van der Waals surface area contributed by atoms with Gasteiger partial charge in [-0.05, 0) is 30.5 Å². The topological polar surface area (TPSA) is 44.4 Å². The molecule has 0 radical (unpaired) electrons. The number of nitrogens with zero attached hydrogens (tertiary/aromatic N) is 1. The molecule has 0 bridgehead atoms. The summed E-state index contributed by atoms with van der Waals surface area (Å²) in [5.41, 5.74) is 1.29. The first kappa shape index (κ1) is 23.9. The molecule has 1 amide bonds. The van der Waals surface area contributed by atoms with Crippen molar-refractivity contribution in [3.05, 3.63) is 34.9 Å². The van der Waals surface area contributed by atoms with Gasteiger partial charge in [-0.15, -0.1) is 24.8 Å². The van der Waals surface area contributed by atoms with Gasteiger partial charge in [0.2, 0.25) is 5.91 Å². The number of rotatable bonds is 5. The average Bonchev–Trinajstić information content (AvgIpc) is 2.59. The Labute approximate surface area is 178 Å². The number of halogens is 3. The summed E-state index contributed by atoms with van der Waals surface area (Å²) < 4.78 is 0. The second kappa shape index (κ2) is 12.3. The van der Waals surface area contributed by atoms with E-state index in [2.05, 4.69) is 27.7 Å². The molecule has 148 valence electrons. The fourth-order valence-corrected chi connectivity index (χ4v) is 4.42. The number of hydrogen-bond donors (Lipinski definition) is 2. The molecule has 2 fully saturated rings. The van der Waals surface area contributed by atoms with E-state index in [0.717, 1.165) is 55.5 Å². The predicted octanol–water partition coefficient (Wildman–Crippen LogP) is 3.36. The zero-order valence-electron chi connectivity index (χ0n) is 14.8. The molecule has 3 rings (SSSR count). The Hall–Kier alpha value is -0.170. The fourth-order valence-electron chi connectivity index (χ4n) is 3.34. The number of likely N-dealkylation sites (tertiary alicyclic amines) is 1. The standard InChI is InChI=1S/C18H26ClN3OS.2ClH/c19-15-3-1-14(2-4-15)12-22-8-5-16(6-9-22)21-18(23)11-17-13-24-10-7-20-17;;/h1-4,16-17,20H,5-13H2,(H,21,23);2*1H. The van der Waals surface area contributed by atoms with Crippen molar-refractivity contribution < 1.29 is 4.79 Å². The number of piperidine rings is 1. The maximum absolute atomic E-state index is 12.2. The van der Waals surface area contributed by atoms with E-state index in [1.54, 1.807) is 0 Å². The van der Waals surface area contributed by atoms with Gasteiger partial charge in [0.05, 0.1) is 0 Å². The first-order valence-electron chi connectivity index (χ1n) is 8.76. The quantitative estimate of drug-likeness (QED) is 0.737. The Morgan fingerprint density at radius 2 is 1.92 bits per heavy atom. The highest BCUT2D eigenvalue weighted by Crippen LogP contribution is 2.16. The molecule has 4 nitrogen and oxygen atoms in total. The Morgan fingerprint density at radius 3 is 2.54 bits per heavy atom. The van der Waals surface area contributed by atoms with Crippen molar-refractivity contribution in [3.8, 4) is 0 Å². The van der Waals surface area contributed by atoms with Crippen molar-refractivity contribution in [1.29, 1.82) is 0 Å². The zero-order valence-corrected chi connectivity index (χ0v) is 18.0. The van der Waals surface area contributed by atoms with Gasteiger partial charge in [0.1, 0.15) is 0 Å². The number of amides is 1. The molecule has 2 aliphatic heterocycles. The van der Waals surface area contributed by atoms with E-state index < -0.39 is 0 Å². The highest BCUT2D eigenvalue weighted by atomic mass is 35.5. The minimum absolute atomic E-state index is 0. The van der Waals surface area contributed by atoms with Crippen LogP contribution in [-0.4, -0.2) is 54.0 Å². The van der Waals surface area contributed by atoms with E-state index >= 15 is 0 Å². The highest BCUT2D eigenvalue weighted by Gasteiger charge is 2.22.